The molecule has 0 aliphatic heterocycles. The topological polar surface area (TPSA) is 46.0 Å². The smallest absolute Gasteiger partial charge is 0.159 e. The van der Waals surface area contributed by atoms with Crippen LogP contribution < -0.4 is 10.1 Å². The molecule has 4 nitrogen and oxygen atoms in total. The van der Waals surface area contributed by atoms with Gasteiger partial charge in [0.1, 0.15) is 5.75 Å². The molecule has 0 atom stereocenters. The highest BCUT2D eigenvalue weighted by atomic mass is 32.1. The van der Waals surface area contributed by atoms with Crippen LogP contribution in [0.2, 0.25) is 0 Å². The molecule has 0 fully saturated rings. The zero-order valence-electron chi connectivity index (χ0n) is 27.3. The first kappa shape index (κ1) is 30.3. The van der Waals surface area contributed by atoms with Crippen molar-refractivity contribution in [3.63, 3.8) is 0 Å². The van der Waals surface area contributed by atoms with Crippen LogP contribution in [0, 0.1) is 0 Å². The third-order valence-electron chi connectivity index (χ3n) is 9.08. The molecule has 0 aliphatic rings. The minimum absolute atomic E-state index is 0.566. The summed E-state index contributed by atoms with van der Waals surface area (Å²) in [7, 11) is 3.74. The molecule has 0 aliphatic carbocycles. The summed E-state index contributed by atoms with van der Waals surface area (Å²) in [6.45, 7) is 3.90. The van der Waals surface area contributed by atoms with Gasteiger partial charge in [-0.15, -0.1) is 11.3 Å². The highest BCUT2D eigenvalue weighted by Crippen LogP contribution is 2.50. The van der Waals surface area contributed by atoms with Crippen LogP contribution in [0.25, 0.3) is 64.6 Å². The van der Waals surface area contributed by atoms with Gasteiger partial charge in [0.05, 0.1) is 18.5 Å². The van der Waals surface area contributed by atoms with E-state index in [4.69, 9.17) is 9.73 Å². The van der Waals surface area contributed by atoms with Gasteiger partial charge in [0, 0.05) is 54.9 Å². The quantitative estimate of drug-likeness (QED) is 0.0807. The van der Waals surface area contributed by atoms with E-state index in [2.05, 4.69) is 108 Å². The number of fused-ring (bicyclic) bond motifs is 6. The lowest BCUT2D eigenvalue weighted by molar-refractivity contribution is 0.415. The van der Waals surface area contributed by atoms with Crippen LogP contribution in [0.4, 0.5) is 5.69 Å². The average molecular weight is 652 g/mol. The minimum Gasteiger partial charge on any atom is -0.497 e. The Morgan fingerprint density at radius 2 is 1.27 bits per heavy atom. The van der Waals surface area contributed by atoms with Crippen LogP contribution in [0.3, 0.4) is 0 Å². The van der Waals surface area contributed by atoms with Crippen molar-refractivity contribution in [3.05, 3.63) is 156 Å². The Labute approximate surface area is 289 Å². The highest BCUT2D eigenvalue weighted by molar-refractivity contribution is 7.26. The summed E-state index contributed by atoms with van der Waals surface area (Å²) in [6.07, 6.45) is 2.20. The molecule has 7 aromatic carbocycles. The van der Waals surface area contributed by atoms with Crippen molar-refractivity contribution < 1.29 is 4.74 Å². The number of ether oxygens (including phenoxy) is 1. The number of aliphatic imine (C=N–C) groups is 2. The summed E-state index contributed by atoms with van der Waals surface area (Å²) in [5, 5.41) is 10.8. The van der Waals surface area contributed by atoms with E-state index in [1.807, 2.05) is 61.6 Å². The monoisotopic (exact) mass is 651 g/mol. The van der Waals surface area contributed by atoms with Gasteiger partial charge < -0.3 is 10.1 Å². The van der Waals surface area contributed by atoms with Gasteiger partial charge in [-0.1, -0.05) is 115 Å². The Bertz CT molecular complexity index is 2580. The first-order valence-electron chi connectivity index (χ1n) is 16.2. The van der Waals surface area contributed by atoms with Crippen molar-refractivity contribution in [2.75, 3.05) is 19.5 Å². The summed E-state index contributed by atoms with van der Waals surface area (Å²) in [6, 6.07) is 48.5. The van der Waals surface area contributed by atoms with E-state index in [-0.39, 0.29) is 0 Å². The zero-order valence-corrected chi connectivity index (χ0v) is 28.1. The van der Waals surface area contributed by atoms with Gasteiger partial charge in [-0.2, -0.15) is 0 Å². The van der Waals surface area contributed by atoms with E-state index >= 15 is 0 Å². The molecule has 49 heavy (non-hydrogen) atoms. The van der Waals surface area contributed by atoms with Crippen molar-refractivity contribution in [1.82, 2.24) is 0 Å². The lowest BCUT2D eigenvalue weighted by Gasteiger charge is -2.20. The van der Waals surface area contributed by atoms with Crippen molar-refractivity contribution in [2.24, 2.45) is 9.98 Å². The Balaban J connectivity index is 1.55. The second kappa shape index (κ2) is 12.9. The molecule has 0 bridgehead atoms. The van der Waals surface area contributed by atoms with Crippen molar-refractivity contribution in [2.45, 2.75) is 0 Å². The second-order valence-electron chi connectivity index (χ2n) is 11.8. The maximum atomic E-state index is 5.76. The number of amidine groups is 1. The van der Waals surface area contributed by atoms with E-state index in [1.54, 1.807) is 18.4 Å². The number of hydrogen-bond acceptors (Lipinski definition) is 4. The van der Waals surface area contributed by atoms with E-state index in [0.29, 0.717) is 5.84 Å². The molecule has 1 N–H and O–H groups in total. The largest absolute Gasteiger partial charge is 0.497 e. The molecule has 0 spiro atoms. The fourth-order valence-electron chi connectivity index (χ4n) is 6.87. The van der Waals surface area contributed by atoms with Crippen molar-refractivity contribution in [3.8, 4) is 16.9 Å². The molecule has 8 rings (SSSR count). The lowest BCUT2D eigenvalue weighted by atomic mass is 9.86. The zero-order chi connectivity index (χ0) is 33.3. The molecule has 5 heteroatoms. The van der Waals surface area contributed by atoms with Crippen molar-refractivity contribution >= 4 is 83.1 Å². The average Bonchev–Trinajstić information content (AvgIpc) is 3.54. The molecule has 1 heterocycles. The normalized spacial score (nSPS) is 12.2. The number of hydrogen-bond donors (Lipinski definition) is 1. The molecule has 1 aromatic heterocycles. The van der Waals surface area contributed by atoms with Gasteiger partial charge in [0.15, 0.2) is 5.84 Å². The SMILES string of the molecule is C=NC(=N/C(=C\c1ccc2sc3ccc(OC)cc3c2c1-c1c(NC)c2ccccc2c2ccccc12)c1ccccc1)c1ccccc1. The fraction of sp³-hybridized carbons (Fsp3) is 0.0455. The first-order valence-corrected chi connectivity index (χ1v) is 17.0. The van der Waals surface area contributed by atoms with Crippen LogP contribution in [0.15, 0.2) is 150 Å². The van der Waals surface area contributed by atoms with E-state index in [9.17, 15) is 0 Å². The third kappa shape index (κ3) is 5.35. The molecule has 8 aromatic rings. The molecular weight excluding hydrogens is 619 g/mol. The Hall–Kier alpha value is -6.04. The molecule has 0 radical (unpaired) electrons. The molecule has 0 unspecified atom stereocenters. The van der Waals surface area contributed by atoms with Crippen LogP contribution in [-0.2, 0) is 0 Å². The molecule has 0 saturated carbocycles. The number of methoxy groups -OCH3 is 1. The summed E-state index contributed by atoms with van der Waals surface area (Å²) in [5.74, 6) is 1.39. The summed E-state index contributed by atoms with van der Waals surface area (Å²) >= 11 is 1.80. The first-order chi connectivity index (χ1) is 24.2. The molecular formula is C44H33N3OS. The maximum Gasteiger partial charge on any atom is 0.159 e. The number of anilines is 1. The van der Waals surface area contributed by atoms with Gasteiger partial charge in [-0.25, -0.2) is 9.98 Å². The summed E-state index contributed by atoms with van der Waals surface area (Å²) in [5.41, 5.74) is 7.11. The second-order valence-corrected chi connectivity index (χ2v) is 12.9. The number of thiophene rings is 1. The number of nitrogens with zero attached hydrogens (tertiary/aromatic N) is 2. The predicted octanol–water partition coefficient (Wildman–Crippen LogP) is 11.7. The fourth-order valence-corrected chi connectivity index (χ4v) is 7.96. The van der Waals surface area contributed by atoms with Crippen LogP contribution in [-0.4, -0.2) is 26.7 Å². The maximum absolute atomic E-state index is 5.76. The van der Waals surface area contributed by atoms with E-state index in [0.717, 1.165) is 50.3 Å². The number of benzene rings is 7. The van der Waals surface area contributed by atoms with Gasteiger partial charge in [-0.05, 0) is 58.8 Å². The number of nitrogens with one attached hydrogen (secondary N) is 1. The van der Waals surface area contributed by atoms with Gasteiger partial charge in [0.25, 0.3) is 0 Å². The standard InChI is InChI=1S/C44H33N3OS/c1-45-43-35-21-13-11-19-33(35)32-18-10-12-20-34(32)42(43)40-30(22-24-39-41(40)36-27-31(48-3)23-25-38(36)49-39)26-37(28-14-6-4-7-15-28)47-44(46-2)29-16-8-5-9-17-29/h4-27,45H,2H2,1,3H3/b37-26-,47-44?. The Morgan fingerprint density at radius 3 is 1.94 bits per heavy atom. The van der Waals surface area contributed by atoms with Crippen molar-refractivity contribution in [1.29, 1.82) is 0 Å². The van der Waals surface area contributed by atoms with Crippen LogP contribution in [0.5, 0.6) is 5.75 Å². The van der Waals surface area contributed by atoms with Crippen LogP contribution >= 0.6 is 11.3 Å². The summed E-state index contributed by atoms with van der Waals surface area (Å²) < 4.78 is 8.17. The molecule has 0 amide bonds. The van der Waals surface area contributed by atoms with Gasteiger partial charge in [-0.3, -0.25) is 0 Å². The van der Waals surface area contributed by atoms with Gasteiger partial charge in [0.2, 0.25) is 0 Å². The minimum atomic E-state index is 0.566. The Morgan fingerprint density at radius 1 is 0.653 bits per heavy atom. The van der Waals surface area contributed by atoms with E-state index in [1.165, 1.54) is 36.3 Å². The van der Waals surface area contributed by atoms with Gasteiger partial charge >= 0.3 is 0 Å². The lowest BCUT2D eigenvalue weighted by Crippen LogP contribution is -1.99. The van der Waals surface area contributed by atoms with E-state index < -0.39 is 0 Å². The highest BCUT2D eigenvalue weighted by Gasteiger charge is 2.22. The molecule has 0 saturated heterocycles. The number of rotatable bonds is 7. The third-order valence-corrected chi connectivity index (χ3v) is 10.2. The molecule has 236 valence electrons. The summed E-state index contributed by atoms with van der Waals surface area (Å²) in [4.78, 5) is 9.58. The predicted molar refractivity (Wildman–Crippen MR) is 213 cm³/mol. The Kier molecular flexibility index (Phi) is 7.96. The van der Waals surface area contributed by atoms with Crippen LogP contribution in [0.1, 0.15) is 16.7 Å².